The zero-order valence-corrected chi connectivity index (χ0v) is 11.4. The van der Waals surface area contributed by atoms with Gasteiger partial charge in [-0.05, 0) is 30.7 Å². The molecule has 0 fully saturated rings. The van der Waals surface area contributed by atoms with Crippen LogP contribution in [0.25, 0.3) is 11.0 Å². The van der Waals surface area contributed by atoms with Crippen molar-refractivity contribution in [1.82, 2.24) is 0 Å². The summed E-state index contributed by atoms with van der Waals surface area (Å²) in [6.45, 7) is 1.84. The van der Waals surface area contributed by atoms with E-state index in [1.165, 1.54) is 6.07 Å². The average Bonchev–Trinajstić information content (AvgIpc) is 2.48. The Morgan fingerprint density at radius 3 is 2.57 bits per heavy atom. The van der Waals surface area contributed by atoms with Crippen molar-refractivity contribution in [2.45, 2.75) is 6.92 Å². The number of amides is 1. The first kappa shape index (κ1) is 13.1. The highest BCUT2D eigenvalue weighted by Crippen LogP contribution is 2.17. The van der Waals surface area contributed by atoms with Crippen molar-refractivity contribution in [3.63, 3.8) is 0 Å². The predicted octanol–water partition coefficient (Wildman–Crippen LogP) is 3.35. The smallest absolute Gasteiger partial charge is 0.291 e. The summed E-state index contributed by atoms with van der Waals surface area (Å²) in [5, 5.41) is 3.20. The van der Waals surface area contributed by atoms with Crippen molar-refractivity contribution in [3.05, 3.63) is 76.1 Å². The highest BCUT2D eigenvalue weighted by molar-refractivity contribution is 6.03. The van der Waals surface area contributed by atoms with E-state index in [9.17, 15) is 9.59 Å². The number of carbonyl (C=O) groups is 1. The predicted molar refractivity (Wildman–Crippen MR) is 81.6 cm³/mol. The summed E-state index contributed by atoms with van der Waals surface area (Å²) in [6, 6.07) is 15.6. The first-order valence-corrected chi connectivity index (χ1v) is 6.55. The third kappa shape index (κ3) is 2.56. The number of carbonyl (C=O) groups excluding carboxylic acids is 1. The molecule has 1 heterocycles. The summed E-state index contributed by atoms with van der Waals surface area (Å²) < 4.78 is 5.55. The van der Waals surface area contributed by atoms with Crippen molar-refractivity contribution < 1.29 is 9.21 Å². The van der Waals surface area contributed by atoms with Gasteiger partial charge in [0.2, 0.25) is 0 Å². The normalized spacial score (nSPS) is 10.5. The number of rotatable bonds is 2. The molecule has 2 aromatic carbocycles. The van der Waals surface area contributed by atoms with Crippen molar-refractivity contribution in [1.29, 1.82) is 0 Å². The quantitative estimate of drug-likeness (QED) is 0.782. The Labute approximate surface area is 121 Å². The summed E-state index contributed by atoms with van der Waals surface area (Å²) in [4.78, 5) is 24.3. The van der Waals surface area contributed by atoms with Gasteiger partial charge in [-0.15, -0.1) is 0 Å². The summed E-state index contributed by atoms with van der Waals surface area (Å²) in [6.07, 6.45) is 0. The van der Waals surface area contributed by atoms with Gasteiger partial charge in [-0.2, -0.15) is 0 Å². The standard InChI is InChI=1S/C17H13NO3/c1-11-6-5-9-14-16(11)13(19)10-15(21-14)17(20)18-12-7-3-2-4-8-12/h2-10H,1H3,(H,18,20). The summed E-state index contributed by atoms with van der Waals surface area (Å²) >= 11 is 0. The van der Waals surface area contributed by atoms with Crippen molar-refractivity contribution >= 4 is 22.6 Å². The molecule has 1 N–H and O–H groups in total. The van der Waals surface area contributed by atoms with E-state index in [0.29, 0.717) is 16.7 Å². The SMILES string of the molecule is Cc1cccc2oc(C(=O)Nc3ccccc3)cc(=O)c12. The van der Waals surface area contributed by atoms with Gasteiger partial charge in [-0.3, -0.25) is 9.59 Å². The van der Waals surface area contributed by atoms with Gasteiger partial charge >= 0.3 is 0 Å². The number of aryl methyl sites for hydroxylation is 1. The molecular weight excluding hydrogens is 266 g/mol. The summed E-state index contributed by atoms with van der Waals surface area (Å²) in [5.74, 6) is -0.441. The van der Waals surface area contributed by atoms with Crippen LogP contribution in [0.1, 0.15) is 16.1 Å². The molecule has 0 aliphatic carbocycles. The maximum absolute atomic E-state index is 12.2. The van der Waals surface area contributed by atoms with Gasteiger partial charge in [0.25, 0.3) is 5.91 Å². The van der Waals surface area contributed by atoms with Gasteiger partial charge in [0.05, 0.1) is 5.39 Å². The molecule has 0 atom stereocenters. The first-order valence-electron chi connectivity index (χ1n) is 6.55. The molecule has 0 bridgehead atoms. The van der Waals surface area contributed by atoms with Gasteiger partial charge in [-0.1, -0.05) is 30.3 Å². The monoisotopic (exact) mass is 279 g/mol. The van der Waals surface area contributed by atoms with Gasteiger partial charge < -0.3 is 9.73 Å². The van der Waals surface area contributed by atoms with Crippen molar-refractivity contribution in [2.24, 2.45) is 0 Å². The van der Waals surface area contributed by atoms with E-state index in [1.54, 1.807) is 24.3 Å². The molecule has 104 valence electrons. The number of para-hydroxylation sites is 1. The van der Waals surface area contributed by atoms with Crippen LogP contribution < -0.4 is 10.7 Å². The van der Waals surface area contributed by atoms with Crippen molar-refractivity contribution in [2.75, 3.05) is 5.32 Å². The fourth-order valence-corrected chi connectivity index (χ4v) is 2.21. The third-order valence-corrected chi connectivity index (χ3v) is 3.22. The third-order valence-electron chi connectivity index (χ3n) is 3.22. The number of hydrogen-bond donors (Lipinski definition) is 1. The Morgan fingerprint density at radius 1 is 1.05 bits per heavy atom. The zero-order chi connectivity index (χ0) is 14.8. The Kier molecular flexibility index (Phi) is 3.28. The van der Waals surface area contributed by atoms with Crippen LogP contribution in [0.2, 0.25) is 0 Å². The molecule has 1 amide bonds. The molecule has 4 nitrogen and oxygen atoms in total. The summed E-state index contributed by atoms with van der Waals surface area (Å²) in [5.41, 5.74) is 1.68. The number of fused-ring (bicyclic) bond motifs is 1. The number of nitrogens with one attached hydrogen (secondary N) is 1. The number of benzene rings is 2. The van der Waals surface area contributed by atoms with Crippen LogP contribution in [0, 0.1) is 6.92 Å². The molecule has 1 aromatic heterocycles. The second-order valence-corrected chi connectivity index (χ2v) is 4.74. The van der Waals surface area contributed by atoms with Crippen LogP contribution in [-0.2, 0) is 0 Å². The zero-order valence-electron chi connectivity index (χ0n) is 11.4. The number of hydrogen-bond acceptors (Lipinski definition) is 3. The maximum atomic E-state index is 12.2. The van der Waals surface area contributed by atoms with E-state index in [0.717, 1.165) is 5.56 Å². The lowest BCUT2D eigenvalue weighted by atomic mass is 10.1. The second-order valence-electron chi connectivity index (χ2n) is 4.74. The molecule has 4 heteroatoms. The van der Waals surface area contributed by atoms with E-state index in [1.807, 2.05) is 31.2 Å². The van der Waals surface area contributed by atoms with Crippen LogP contribution in [0.4, 0.5) is 5.69 Å². The minimum atomic E-state index is -0.443. The van der Waals surface area contributed by atoms with E-state index >= 15 is 0 Å². The van der Waals surface area contributed by atoms with Gasteiger partial charge in [-0.25, -0.2) is 0 Å². The fraction of sp³-hybridized carbons (Fsp3) is 0.0588. The van der Waals surface area contributed by atoms with Gasteiger partial charge in [0, 0.05) is 11.8 Å². The van der Waals surface area contributed by atoms with E-state index < -0.39 is 5.91 Å². The molecule has 0 unspecified atom stereocenters. The van der Waals surface area contributed by atoms with Crippen molar-refractivity contribution in [3.8, 4) is 0 Å². The van der Waals surface area contributed by atoms with Crippen LogP contribution in [0.5, 0.6) is 0 Å². The highest BCUT2D eigenvalue weighted by atomic mass is 16.3. The minimum absolute atomic E-state index is 0.00181. The molecule has 21 heavy (non-hydrogen) atoms. The Hall–Kier alpha value is -2.88. The Morgan fingerprint density at radius 2 is 1.81 bits per heavy atom. The van der Waals surface area contributed by atoms with E-state index in [2.05, 4.69) is 5.32 Å². The summed E-state index contributed by atoms with van der Waals surface area (Å²) in [7, 11) is 0. The lowest BCUT2D eigenvalue weighted by Gasteiger charge is -2.06. The molecule has 3 aromatic rings. The van der Waals surface area contributed by atoms with Gasteiger partial charge in [0.1, 0.15) is 5.58 Å². The molecule has 3 rings (SSSR count). The number of anilines is 1. The van der Waals surface area contributed by atoms with Crippen LogP contribution in [-0.4, -0.2) is 5.91 Å². The molecule has 0 saturated heterocycles. The second kappa shape index (κ2) is 5.25. The highest BCUT2D eigenvalue weighted by Gasteiger charge is 2.13. The Bertz CT molecular complexity index is 866. The maximum Gasteiger partial charge on any atom is 0.291 e. The van der Waals surface area contributed by atoms with Crippen LogP contribution >= 0.6 is 0 Å². The molecule has 0 aliphatic heterocycles. The fourth-order valence-electron chi connectivity index (χ4n) is 2.21. The molecule has 0 aliphatic rings. The lowest BCUT2D eigenvalue weighted by molar-refractivity contribution is 0.0997. The van der Waals surface area contributed by atoms with E-state index in [-0.39, 0.29) is 11.2 Å². The molecule has 0 radical (unpaired) electrons. The topological polar surface area (TPSA) is 59.3 Å². The molecule has 0 spiro atoms. The average molecular weight is 279 g/mol. The first-order chi connectivity index (χ1) is 10.1. The van der Waals surface area contributed by atoms with E-state index in [4.69, 9.17) is 4.42 Å². The lowest BCUT2D eigenvalue weighted by Crippen LogP contribution is -2.15. The van der Waals surface area contributed by atoms with Crippen LogP contribution in [0.3, 0.4) is 0 Å². The molecular formula is C17H13NO3. The van der Waals surface area contributed by atoms with Gasteiger partial charge in [0.15, 0.2) is 11.2 Å². The van der Waals surface area contributed by atoms with Crippen LogP contribution in [0.15, 0.2) is 63.8 Å². The largest absolute Gasteiger partial charge is 0.451 e. The Balaban J connectivity index is 2.02. The minimum Gasteiger partial charge on any atom is -0.451 e. The molecule has 0 saturated carbocycles.